The number of nitrogens with zero attached hydrogens (tertiary/aromatic N) is 2. The molecule has 0 spiro atoms. The topological polar surface area (TPSA) is 62.3 Å². The van der Waals surface area contributed by atoms with Crippen LogP contribution in [0.4, 0.5) is 0 Å². The van der Waals surface area contributed by atoms with E-state index in [1.165, 1.54) is 43.4 Å². The molecule has 1 aromatic rings. The van der Waals surface area contributed by atoms with Crippen molar-refractivity contribution in [2.75, 3.05) is 13.1 Å². The molecule has 0 atom stereocenters. The molecule has 1 aromatic heterocycles. The molecule has 2 amide bonds. The largest absolute Gasteiger partial charge is 0.351 e. The fourth-order valence-electron chi connectivity index (χ4n) is 2.93. The standard InChI is InChI=1S/C21H37N3O2S/c1-4-7-8-9-10-11-12-13-20(25)24(15-6-3)16-19-23-18(17-27-19)21(26)22-14-5-2/h17H,4-16H2,1-3H3,(H,22,26). The van der Waals surface area contributed by atoms with Crippen LogP contribution in [0.5, 0.6) is 0 Å². The van der Waals surface area contributed by atoms with Gasteiger partial charge in [0, 0.05) is 24.9 Å². The molecule has 5 nitrogen and oxygen atoms in total. The molecule has 0 unspecified atom stereocenters. The zero-order valence-corrected chi connectivity index (χ0v) is 18.2. The van der Waals surface area contributed by atoms with Gasteiger partial charge in [-0.2, -0.15) is 0 Å². The molecule has 0 aliphatic carbocycles. The van der Waals surface area contributed by atoms with E-state index in [9.17, 15) is 9.59 Å². The van der Waals surface area contributed by atoms with Gasteiger partial charge in [-0.05, 0) is 19.3 Å². The Labute approximate surface area is 168 Å². The Morgan fingerprint density at radius 2 is 1.70 bits per heavy atom. The fourth-order valence-corrected chi connectivity index (χ4v) is 3.72. The average molecular weight is 396 g/mol. The summed E-state index contributed by atoms with van der Waals surface area (Å²) in [4.78, 5) is 30.9. The van der Waals surface area contributed by atoms with E-state index in [1.807, 2.05) is 11.8 Å². The molecule has 1 rings (SSSR count). The second-order valence-corrected chi connectivity index (χ2v) is 8.01. The van der Waals surface area contributed by atoms with Crippen LogP contribution in [-0.2, 0) is 11.3 Å². The van der Waals surface area contributed by atoms with E-state index in [4.69, 9.17) is 0 Å². The van der Waals surface area contributed by atoms with Crippen LogP contribution >= 0.6 is 11.3 Å². The number of amides is 2. The Morgan fingerprint density at radius 1 is 1.00 bits per heavy atom. The van der Waals surface area contributed by atoms with Gasteiger partial charge in [0.2, 0.25) is 5.91 Å². The summed E-state index contributed by atoms with van der Waals surface area (Å²) < 4.78 is 0. The summed E-state index contributed by atoms with van der Waals surface area (Å²) >= 11 is 1.46. The van der Waals surface area contributed by atoms with Crippen molar-refractivity contribution in [3.05, 3.63) is 16.1 Å². The molecule has 0 saturated carbocycles. The highest BCUT2D eigenvalue weighted by Gasteiger charge is 2.16. The lowest BCUT2D eigenvalue weighted by atomic mass is 10.1. The molecule has 6 heteroatoms. The number of unbranched alkanes of at least 4 members (excludes halogenated alkanes) is 6. The van der Waals surface area contributed by atoms with Crippen molar-refractivity contribution in [1.82, 2.24) is 15.2 Å². The van der Waals surface area contributed by atoms with E-state index in [0.717, 1.165) is 37.2 Å². The van der Waals surface area contributed by atoms with Crippen molar-refractivity contribution in [3.63, 3.8) is 0 Å². The Bertz CT molecular complexity index is 545. The van der Waals surface area contributed by atoms with Crippen molar-refractivity contribution in [3.8, 4) is 0 Å². The van der Waals surface area contributed by atoms with Gasteiger partial charge in [0.1, 0.15) is 10.7 Å². The molecule has 1 N–H and O–H groups in total. The maximum absolute atomic E-state index is 12.6. The highest BCUT2D eigenvalue weighted by Crippen LogP contribution is 2.15. The first kappa shape index (κ1) is 23.6. The van der Waals surface area contributed by atoms with Gasteiger partial charge in [0.15, 0.2) is 0 Å². The van der Waals surface area contributed by atoms with Crippen molar-refractivity contribution in [2.24, 2.45) is 0 Å². The van der Waals surface area contributed by atoms with Crippen LogP contribution in [-0.4, -0.2) is 34.8 Å². The summed E-state index contributed by atoms with van der Waals surface area (Å²) in [6.45, 7) is 8.24. The van der Waals surface area contributed by atoms with E-state index in [0.29, 0.717) is 25.2 Å². The van der Waals surface area contributed by atoms with Crippen molar-refractivity contribution < 1.29 is 9.59 Å². The van der Waals surface area contributed by atoms with Crippen LogP contribution in [0.2, 0.25) is 0 Å². The highest BCUT2D eigenvalue weighted by atomic mass is 32.1. The van der Waals surface area contributed by atoms with Crippen LogP contribution in [0, 0.1) is 0 Å². The van der Waals surface area contributed by atoms with Gasteiger partial charge in [-0.3, -0.25) is 9.59 Å². The Kier molecular flexibility index (Phi) is 12.8. The third-order valence-corrected chi connectivity index (χ3v) is 5.32. The summed E-state index contributed by atoms with van der Waals surface area (Å²) in [5.74, 6) is 0.0772. The lowest BCUT2D eigenvalue weighted by Crippen LogP contribution is -2.31. The Morgan fingerprint density at radius 3 is 2.37 bits per heavy atom. The number of hydrogen-bond donors (Lipinski definition) is 1. The molecule has 0 saturated heterocycles. The summed E-state index contributed by atoms with van der Waals surface area (Å²) in [5, 5.41) is 5.45. The van der Waals surface area contributed by atoms with E-state index in [1.54, 1.807) is 5.38 Å². The summed E-state index contributed by atoms with van der Waals surface area (Å²) in [7, 11) is 0. The smallest absolute Gasteiger partial charge is 0.270 e. The first-order valence-corrected chi connectivity index (χ1v) is 11.5. The SMILES string of the molecule is CCCCCCCCCC(=O)N(CCC)Cc1nc(C(=O)NCCC)cs1. The van der Waals surface area contributed by atoms with Crippen molar-refractivity contribution in [2.45, 2.75) is 91.5 Å². The zero-order valence-electron chi connectivity index (χ0n) is 17.4. The predicted molar refractivity (Wildman–Crippen MR) is 113 cm³/mol. The molecule has 1 heterocycles. The predicted octanol–water partition coefficient (Wildman–Crippen LogP) is 5.16. The second-order valence-electron chi connectivity index (χ2n) is 7.07. The third kappa shape index (κ3) is 9.89. The van der Waals surface area contributed by atoms with Gasteiger partial charge in [-0.25, -0.2) is 4.98 Å². The molecule has 0 fully saturated rings. The molecule has 0 aliphatic rings. The minimum atomic E-state index is -0.129. The number of carbonyl (C=O) groups excluding carboxylic acids is 2. The molecule has 0 aromatic carbocycles. The Balaban J connectivity index is 2.42. The molecular weight excluding hydrogens is 358 g/mol. The first-order chi connectivity index (χ1) is 13.1. The first-order valence-electron chi connectivity index (χ1n) is 10.6. The Hall–Kier alpha value is -1.43. The number of thiazole rings is 1. The quantitative estimate of drug-likeness (QED) is 0.417. The maximum atomic E-state index is 12.6. The average Bonchev–Trinajstić information content (AvgIpc) is 3.13. The highest BCUT2D eigenvalue weighted by molar-refractivity contribution is 7.09. The van der Waals surface area contributed by atoms with Crippen molar-refractivity contribution in [1.29, 1.82) is 0 Å². The molecule has 154 valence electrons. The lowest BCUT2D eigenvalue weighted by Gasteiger charge is -2.21. The summed E-state index contributed by atoms with van der Waals surface area (Å²) in [6.07, 6.45) is 10.9. The molecule has 0 bridgehead atoms. The summed E-state index contributed by atoms with van der Waals surface area (Å²) in [5.41, 5.74) is 0.458. The third-order valence-electron chi connectivity index (χ3n) is 4.49. The minimum Gasteiger partial charge on any atom is -0.351 e. The maximum Gasteiger partial charge on any atom is 0.270 e. The van der Waals surface area contributed by atoms with Gasteiger partial charge < -0.3 is 10.2 Å². The number of rotatable bonds is 15. The van der Waals surface area contributed by atoms with Gasteiger partial charge in [0.25, 0.3) is 5.91 Å². The van der Waals surface area contributed by atoms with Crippen LogP contribution in [0.25, 0.3) is 0 Å². The van der Waals surface area contributed by atoms with Crippen LogP contribution < -0.4 is 5.32 Å². The number of nitrogens with one attached hydrogen (secondary N) is 1. The number of carbonyl (C=O) groups is 2. The lowest BCUT2D eigenvalue weighted by molar-refractivity contribution is -0.132. The van der Waals surface area contributed by atoms with Crippen LogP contribution in [0.3, 0.4) is 0 Å². The van der Waals surface area contributed by atoms with E-state index in [-0.39, 0.29) is 11.8 Å². The number of aromatic nitrogens is 1. The summed E-state index contributed by atoms with van der Waals surface area (Å²) in [6, 6.07) is 0. The van der Waals surface area contributed by atoms with Crippen molar-refractivity contribution >= 4 is 23.2 Å². The van der Waals surface area contributed by atoms with Gasteiger partial charge >= 0.3 is 0 Å². The van der Waals surface area contributed by atoms with E-state index < -0.39 is 0 Å². The van der Waals surface area contributed by atoms with E-state index >= 15 is 0 Å². The second kappa shape index (κ2) is 14.6. The zero-order chi connectivity index (χ0) is 19.9. The fraction of sp³-hybridized carbons (Fsp3) is 0.762. The molecular formula is C21H37N3O2S. The number of hydrogen-bond acceptors (Lipinski definition) is 4. The van der Waals surface area contributed by atoms with Crippen LogP contribution in [0.15, 0.2) is 5.38 Å². The van der Waals surface area contributed by atoms with E-state index in [2.05, 4.69) is 24.1 Å². The van der Waals surface area contributed by atoms with Crippen LogP contribution in [0.1, 0.15) is 100 Å². The minimum absolute atomic E-state index is 0.129. The molecule has 0 aliphatic heterocycles. The normalized spacial score (nSPS) is 10.8. The molecule has 27 heavy (non-hydrogen) atoms. The monoisotopic (exact) mass is 395 g/mol. The van der Waals surface area contributed by atoms with Gasteiger partial charge in [-0.15, -0.1) is 11.3 Å². The van der Waals surface area contributed by atoms with Gasteiger partial charge in [-0.1, -0.05) is 59.3 Å². The van der Waals surface area contributed by atoms with Gasteiger partial charge in [0.05, 0.1) is 6.54 Å². The molecule has 0 radical (unpaired) electrons.